The summed E-state index contributed by atoms with van der Waals surface area (Å²) in [7, 11) is -1.57. The van der Waals surface area contributed by atoms with Gasteiger partial charge in [0.1, 0.15) is 11.5 Å². The lowest BCUT2D eigenvalue weighted by Gasteiger charge is -2.34. The van der Waals surface area contributed by atoms with Crippen LogP contribution in [-0.2, 0) is 0 Å². The van der Waals surface area contributed by atoms with E-state index in [0.717, 1.165) is 22.3 Å². The molecule has 0 heterocycles. The molecule has 0 radical (unpaired) electrons. The Hall–Kier alpha value is -1.98. The van der Waals surface area contributed by atoms with Gasteiger partial charge in [-0.2, -0.15) is 0 Å². The number of hydrogen-bond donors (Lipinski definition) is 0. The second kappa shape index (κ2) is 11.9. The van der Waals surface area contributed by atoms with E-state index in [-0.39, 0.29) is 0 Å². The molecular weight excluding hydrogens is 361 g/mol. The molecule has 0 saturated heterocycles. The van der Waals surface area contributed by atoms with Crippen LogP contribution in [0.1, 0.15) is 49.9 Å². The maximum Gasteiger partial charge on any atom is 0.492 e. The van der Waals surface area contributed by atoms with E-state index in [2.05, 4.69) is 27.7 Å². The molecule has 2 rings (SSSR count). The molecule has 0 N–H and O–H groups in total. The normalized spacial score (nSPS) is 10.8. The fourth-order valence-corrected chi connectivity index (χ4v) is 3.44. The summed E-state index contributed by atoms with van der Waals surface area (Å²) in [6.45, 7) is 22.0. The Bertz CT molecular complexity index is 689. The fourth-order valence-electron chi connectivity index (χ4n) is 3.44. The standard InChI is InChI=1S/C16H18BO3.C8H20N/c1-11-5-7-15(13(3)9-11)19-17(18)20-16-8-6-12(2)10-14(16)4;1-5-9(6-2,7-3)8-4/h5-10H,1-4H3;5-8H2,1-4H3/q-1;+1. The number of nitrogens with zero attached hydrogens (tertiary/aromatic N) is 1. The maximum atomic E-state index is 11.9. The molecule has 29 heavy (non-hydrogen) atoms. The van der Waals surface area contributed by atoms with E-state index < -0.39 is 7.32 Å². The lowest BCUT2D eigenvalue weighted by atomic mass is 10.1. The van der Waals surface area contributed by atoms with Crippen LogP contribution in [0.15, 0.2) is 36.4 Å². The van der Waals surface area contributed by atoms with Crippen molar-refractivity contribution in [2.45, 2.75) is 55.4 Å². The van der Waals surface area contributed by atoms with E-state index in [9.17, 15) is 5.02 Å². The minimum atomic E-state index is -1.57. The molecule has 5 heteroatoms. The Morgan fingerprint density at radius 2 is 1.03 bits per heavy atom. The van der Waals surface area contributed by atoms with Crippen LogP contribution in [-0.4, -0.2) is 38.0 Å². The van der Waals surface area contributed by atoms with Crippen LogP contribution < -0.4 is 14.3 Å². The fraction of sp³-hybridized carbons (Fsp3) is 0.500. The first-order chi connectivity index (χ1) is 13.7. The van der Waals surface area contributed by atoms with Crippen LogP contribution in [0.5, 0.6) is 11.5 Å². The summed E-state index contributed by atoms with van der Waals surface area (Å²) in [6.07, 6.45) is 0. The Morgan fingerprint density at radius 1 is 0.690 bits per heavy atom. The Balaban J connectivity index is 0.000000396. The van der Waals surface area contributed by atoms with E-state index in [1.807, 2.05) is 52.0 Å². The van der Waals surface area contributed by atoms with E-state index in [4.69, 9.17) is 9.31 Å². The molecule has 160 valence electrons. The zero-order chi connectivity index (χ0) is 22.0. The third-order valence-corrected chi connectivity index (χ3v) is 5.79. The van der Waals surface area contributed by atoms with Gasteiger partial charge >= 0.3 is 7.32 Å². The van der Waals surface area contributed by atoms with Crippen molar-refractivity contribution in [3.05, 3.63) is 58.7 Å². The molecule has 0 saturated carbocycles. The quantitative estimate of drug-likeness (QED) is 0.481. The van der Waals surface area contributed by atoms with Crippen LogP contribution in [0.25, 0.3) is 0 Å². The van der Waals surface area contributed by atoms with Crippen LogP contribution in [0.3, 0.4) is 0 Å². The number of rotatable bonds is 8. The predicted molar refractivity (Wildman–Crippen MR) is 121 cm³/mol. The zero-order valence-corrected chi connectivity index (χ0v) is 19.5. The lowest BCUT2D eigenvalue weighted by molar-refractivity contribution is -0.921. The molecule has 0 bridgehead atoms. The summed E-state index contributed by atoms with van der Waals surface area (Å²) in [5.41, 5.74) is 4.12. The average Bonchev–Trinajstić information content (AvgIpc) is 2.69. The summed E-state index contributed by atoms with van der Waals surface area (Å²) >= 11 is 0. The Kier molecular flexibility index (Phi) is 10.3. The summed E-state index contributed by atoms with van der Waals surface area (Å²) < 4.78 is 11.9. The van der Waals surface area contributed by atoms with Crippen LogP contribution >= 0.6 is 0 Å². The van der Waals surface area contributed by atoms with Crippen molar-refractivity contribution in [2.75, 3.05) is 26.2 Å². The van der Waals surface area contributed by atoms with Gasteiger partial charge in [0.25, 0.3) is 0 Å². The highest BCUT2D eigenvalue weighted by molar-refractivity contribution is 6.34. The molecule has 0 aliphatic carbocycles. The molecular formula is C24H38BNO3. The summed E-state index contributed by atoms with van der Waals surface area (Å²) in [4.78, 5) is 0. The van der Waals surface area contributed by atoms with Gasteiger partial charge in [0.15, 0.2) is 0 Å². The average molecular weight is 399 g/mol. The third kappa shape index (κ3) is 7.75. The first-order valence-corrected chi connectivity index (χ1v) is 10.7. The van der Waals surface area contributed by atoms with Gasteiger partial charge in [0, 0.05) is 0 Å². The van der Waals surface area contributed by atoms with Gasteiger partial charge < -0.3 is 18.8 Å². The zero-order valence-electron chi connectivity index (χ0n) is 19.5. The topological polar surface area (TPSA) is 41.5 Å². The van der Waals surface area contributed by atoms with E-state index in [1.165, 1.54) is 30.7 Å². The number of benzene rings is 2. The molecule has 0 spiro atoms. The third-order valence-electron chi connectivity index (χ3n) is 5.79. The summed E-state index contributed by atoms with van der Waals surface area (Å²) in [6, 6.07) is 11.3. The minimum absolute atomic E-state index is 0.556. The Morgan fingerprint density at radius 3 is 1.28 bits per heavy atom. The number of aryl methyl sites for hydroxylation is 4. The van der Waals surface area contributed by atoms with Crippen molar-refractivity contribution in [2.24, 2.45) is 0 Å². The van der Waals surface area contributed by atoms with Gasteiger partial charge in [-0.15, -0.1) is 0 Å². The van der Waals surface area contributed by atoms with Crippen molar-refractivity contribution >= 4 is 7.32 Å². The van der Waals surface area contributed by atoms with E-state index in [1.54, 1.807) is 12.1 Å². The van der Waals surface area contributed by atoms with Crippen molar-refractivity contribution in [3.8, 4) is 11.5 Å². The second-order valence-corrected chi connectivity index (χ2v) is 7.67. The van der Waals surface area contributed by atoms with Gasteiger partial charge in [0.2, 0.25) is 0 Å². The maximum absolute atomic E-state index is 11.9. The van der Waals surface area contributed by atoms with Crippen LogP contribution in [0, 0.1) is 27.7 Å². The molecule has 0 amide bonds. The molecule has 0 fully saturated rings. The SMILES string of the molecule is CC[N+](CC)(CC)CC.Cc1ccc(OB([O-])Oc2ccc(C)cc2C)c(C)c1. The number of quaternary nitrogens is 1. The summed E-state index contributed by atoms with van der Waals surface area (Å²) in [5.74, 6) is 1.11. The highest BCUT2D eigenvalue weighted by Crippen LogP contribution is 2.21. The van der Waals surface area contributed by atoms with Crippen molar-refractivity contribution in [3.63, 3.8) is 0 Å². The molecule has 0 aliphatic heterocycles. The van der Waals surface area contributed by atoms with Crippen molar-refractivity contribution < 1.29 is 18.8 Å². The smallest absolute Gasteiger partial charge is 0.492 e. The van der Waals surface area contributed by atoms with Crippen LogP contribution in [0.4, 0.5) is 0 Å². The van der Waals surface area contributed by atoms with Crippen molar-refractivity contribution in [1.29, 1.82) is 0 Å². The first-order valence-electron chi connectivity index (χ1n) is 10.7. The molecule has 0 atom stereocenters. The van der Waals surface area contributed by atoms with E-state index in [0.29, 0.717) is 11.5 Å². The molecule has 0 aliphatic rings. The predicted octanol–water partition coefficient (Wildman–Crippen LogP) is 4.61. The van der Waals surface area contributed by atoms with Gasteiger partial charge in [-0.1, -0.05) is 35.4 Å². The Labute approximate surface area is 178 Å². The monoisotopic (exact) mass is 399 g/mol. The van der Waals surface area contributed by atoms with Gasteiger partial charge in [-0.3, -0.25) is 0 Å². The highest BCUT2D eigenvalue weighted by atomic mass is 16.7. The lowest BCUT2D eigenvalue weighted by Crippen LogP contribution is -2.47. The van der Waals surface area contributed by atoms with Crippen molar-refractivity contribution in [1.82, 2.24) is 0 Å². The van der Waals surface area contributed by atoms with Crippen LogP contribution in [0.2, 0.25) is 0 Å². The number of hydrogen-bond acceptors (Lipinski definition) is 3. The molecule has 0 unspecified atom stereocenters. The summed E-state index contributed by atoms with van der Waals surface area (Å²) in [5, 5.41) is 11.9. The first kappa shape index (κ1) is 25.1. The largest absolute Gasteiger partial charge is 0.808 e. The molecule has 2 aromatic rings. The molecule has 0 aromatic heterocycles. The highest BCUT2D eigenvalue weighted by Gasteiger charge is 2.16. The molecule has 4 nitrogen and oxygen atoms in total. The van der Waals surface area contributed by atoms with Gasteiger partial charge in [0.05, 0.1) is 26.2 Å². The minimum Gasteiger partial charge on any atom is -0.808 e. The van der Waals surface area contributed by atoms with Gasteiger partial charge in [-0.05, 0) is 78.6 Å². The second-order valence-electron chi connectivity index (χ2n) is 7.67. The molecule has 2 aromatic carbocycles. The van der Waals surface area contributed by atoms with Gasteiger partial charge in [-0.25, -0.2) is 0 Å². The van der Waals surface area contributed by atoms with E-state index >= 15 is 0 Å².